The molecule has 0 saturated heterocycles. The molecule has 1 aromatic carbocycles. The third-order valence-electron chi connectivity index (χ3n) is 2.86. The fourth-order valence-corrected chi connectivity index (χ4v) is 2.38. The van der Waals surface area contributed by atoms with Gasteiger partial charge in [-0.25, -0.2) is 4.39 Å². The molecule has 1 aliphatic heterocycles. The molecule has 1 aliphatic rings. The van der Waals surface area contributed by atoms with E-state index in [4.69, 9.17) is 16.3 Å². The van der Waals surface area contributed by atoms with Crippen LogP contribution in [0.25, 0.3) is 0 Å². The van der Waals surface area contributed by atoms with Crippen LogP contribution >= 0.6 is 11.6 Å². The molecule has 0 bridgehead atoms. The maximum atomic E-state index is 13.3. The molecule has 0 aromatic heterocycles. The first-order chi connectivity index (χ1) is 7.63. The zero-order valence-corrected chi connectivity index (χ0v) is 10.1. The summed E-state index contributed by atoms with van der Waals surface area (Å²) >= 11 is 5.97. The minimum atomic E-state index is -0.315. The second-order valence-corrected chi connectivity index (χ2v) is 4.54. The molecular weight excluding hydrogens is 229 g/mol. The molecule has 16 heavy (non-hydrogen) atoms. The van der Waals surface area contributed by atoms with Crippen LogP contribution in [-0.4, -0.2) is 13.2 Å². The van der Waals surface area contributed by atoms with Gasteiger partial charge in [0.05, 0.1) is 11.6 Å². The Morgan fingerprint density at radius 1 is 1.56 bits per heavy atom. The van der Waals surface area contributed by atoms with Crippen LogP contribution in [0.15, 0.2) is 12.1 Å². The van der Waals surface area contributed by atoms with E-state index in [1.807, 2.05) is 6.92 Å². The second kappa shape index (κ2) is 4.60. The monoisotopic (exact) mass is 243 g/mol. The smallest absolute Gasteiger partial charge is 0.142 e. The van der Waals surface area contributed by atoms with E-state index in [2.05, 4.69) is 12.2 Å². The van der Waals surface area contributed by atoms with Crippen molar-refractivity contribution in [3.63, 3.8) is 0 Å². The molecule has 88 valence electrons. The van der Waals surface area contributed by atoms with Gasteiger partial charge in [-0.1, -0.05) is 25.4 Å². The standard InChI is InChI=1S/C12H15ClFNO/c1-3-15-11-7(2)6-16-12-9(11)4-8(14)5-10(12)13/h4-5,7,11,15H,3,6H2,1-2H3. The molecule has 0 radical (unpaired) electrons. The van der Waals surface area contributed by atoms with Gasteiger partial charge in [-0.05, 0) is 18.7 Å². The number of fused-ring (bicyclic) bond motifs is 1. The topological polar surface area (TPSA) is 21.3 Å². The highest BCUT2D eigenvalue weighted by atomic mass is 35.5. The minimum Gasteiger partial charge on any atom is -0.491 e. The summed E-state index contributed by atoms with van der Waals surface area (Å²) in [6.45, 7) is 5.55. The van der Waals surface area contributed by atoms with E-state index >= 15 is 0 Å². The molecule has 0 amide bonds. The lowest BCUT2D eigenvalue weighted by atomic mass is 9.92. The Morgan fingerprint density at radius 2 is 2.31 bits per heavy atom. The van der Waals surface area contributed by atoms with Crippen molar-refractivity contribution in [1.82, 2.24) is 5.32 Å². The van der Waals surface area contributed by atoms with Crippen molar-refractivity contribution in [3.05, 3.63) is 28.5 Å². The molecule has 2 atom stereocenters. The van der Waals surface area contributed by atoms with Gasteiger partial charge in [-0.15, -0.1) is 0 Å². The van der Waals surface area contributed by atoms with E-state index in [1.165, 1.54) is 12.1 Å². The van der Waals surface area contributed by atoms with Crippen molar-refractivity contribution in [2.24, 2.45) is 5.92 Å². The van der Waals surface area contributed by atoms with E-state index < -0.39 is 0 Å². The first kappa shape index (κ1) is 11.7. The van der Waals surface area contributed by atoms with Crippen molar-refractivity contribution in [2.45, 2.75) is 19.9 Å². The van der Waals surface area contributed by atoms with Crippen LogP contribution in [0.5, 0.6) is 5.75 Å². The van der Waals surface area contributed by atoms with Gasteiger partial charge >= 0.3 is 0 Å². The van der Waals surface area contributed by atoms with Crippen molar-refractivity contribution in [2.75, 3.05) is 13.2 Å². The number of halogens is 2. The third kappa shape index (κ3) is 2.02. The van der Waals surface area contributed by atoms with Gasteiger partial charge in [0.2, 0.25) is 0 Å². The summed E-state index contributed by atoms with van der Waals surface area (Å²) in [5.74, 6) is 0.613. The normalized spacial score (nSPS) is 23.8. The molecule has 2 rings (SSSR count). The molecule has 0 spiro atoms. The average molecular weight is 244 g/mol. The van der Waals surface area contributed by atoms with Crippen LogP contribution in [0.1, 0.15) is 25.5 Å². The molecule has 1 heterocycles. The quantitative estimate of drug-likeness (QED) is 0.862. The zero-order chi connectivity index (χ0) is 11.7. The lowest BCUT2D eigenvalue weighted by Gasteiger charge is -2.32. The second-order valence-electron chi connectivity index (χ2n) is 4.13. The fourth-order valence-electron chi connectivity index (χ4n) is 2.11. The maximum absolute atomic E-state index is 13.3. The number of rotatable bonds is 2. The Kier molecular flexibility index (Phi) is 3.36. The maximum Gasteiger partial charge on any atom is 0.142 e. The summed E-state index contributed by atoms with van der Waals surface area (Å²) in [6.07, 6.45) is 0. The predicted molar refractivity (Wildman–Crippen MR) is 62.5 cm³/mol. The van der Waals surface area contributed by atoms with Crippen LogP contribution < -0.4 is 10.1 Å². The van der Waals surface area contributed by atoms with Gasteiger partial charge in [0.25, 0.3) is 0 Å². The molecule has 2 nitrogen and oxygen atoms in total. The van der Waals surface area contributed by atoms with Crippen molar-refractivity contribution in [3.8, 4) is 5.75 Å². The van der Waals surface area contributed by atoms with E-state index in [-0.39, 0.29) is 11.9 Å². The molecule has 0 fully saturated rings. The van der Waals surface area contributed by atoms with Gasteiger partial charge in [-0.2, -0.15) is 0 Å². The number of benzene rings is 1. The number of hydrogen-bond acceptors (Lipinski definition) is 2. The highest BCUT2D eigenvalue weighted by molar-refractivity contribution is 6.32. The number of hydrogen-bond donors (Lipinski definition) is 1. The summed E-state index contributed by atoms with van der Waals surface area (Å²) < 4.78 is 18.9. The Hall–Kier alpha value is -0.800. The third-order valence-corrected chi connectivity index (χ3v) is 3.14. The first-order valence-corrected chi connectivity index (χ1v) is 5.86. The van der Waals surface area contributed by atoms with Crippen LogP contribution in [0.4, 0.5) is 4.39 Å². The molecule has 2 unspecified atom stereocenters. The van der Waals surface area contributed by atoms with Gasteiger partial charge in [-0.3, -0.25) is 0 Å². The van der Waals surface area contributed by atoms with Crippen LogP contribution in [0, 0.1) is 11.7 Å². The minimum absolute atomic E-state index is 0.113. The Balaban J connectivity index is 2.45. The van der Waals surface area contributed by atoms with E-state index in [9.17, 15) is 4.39 Å². The number of ether oxygens (including phenoxy) is 1. The Labute approximate surface area is 99.7 Å². The first-order valence-electron chi connectivity index (χ1n) is 5.48. The summed E-state index contributed by atoms with van der Waals surface area (Å²) in [5, 5.41) is 3.69. The summed E-state index contributed by atoms with van der Waals surface area (Å²) in [5.41, 5.74) is 0.825. The molecule has 4 heteroatoms. The number of nitrogens with one attached hydrogen (secondary N) is 1. The van der Waals surface area contributed by atoms with Crippen LogP contribution in [0.2, 0.25) is 5.02 Å². The molecule has 0 aliphatic carbocycles. The van der Waals surface area contributed by atoms with Gasteiger partial charge in [0.15, 0.2) is 0 Å². The summed E-state index contributed by atoms with van der Waals surface area (Å²) in [6, 6.07) is 2.91. The van der Waals surface area contributed by atoms with Crippen molar-refractivity contribution < 1.29 is 9.13 Å². The highest BCUT2D eigenvalue weighted by Gasteiger charge is 2.29. The summed E-state index contributed by atoms with van der Waals surface area (Å²) in [7, 11) is 0. The Morgan fingerprint density at radius 3 is 3.00 bits per heavy atom. The van der Waals surface area contributed by atoms with Gasteiger partial charge in [0.1, 0.15) is 11.6 Å². The molecule has 1 aromatic rings. The van der Waals surface area contributed by atoms with E-state index in [1.54, 1.807) is 0 Å². The van der Waals surface area contributed by atoms with Crippen molar-refractivity contribution in [1.29, 1.82) is 0 Å². The Bertz CT molecular complexity index is 397. The highest BCUT2D eigenvalue weighted by Crippen LogP contribution is 2.40. The van der Waals surface area contributed by atoms with Crippen LogP contribution in [-0.2, 0) is 0 Å². The van der Waals surface area contributed by atoms with Gasteiger partial charge in [0, 0.05) is 17.5 Å². The van der Waals surface area contributed by atoms with E-state index in [0.717, 1.165) is 12.1 Å². The van der Waals surface area contributed by atoms with Crippen molar-refractivity contribution >= 4 is 11.6 Å². The molecule has 0 saturated carbocycles. The van der Waals surface area contributed by atoms with Crippen LogP contribution in [0.3, 0.4) is 0 Å². The zero-order valence-electron chi connectivity index (χ0n) is 9.39. The summed E-state index contributed by atoms with van der Waals surface area (Å²) in [4.78, 5) is 0. The molecule has 1 N–H and O–H groups in total. The lowest BCUT2D eigenvalue weighted by Crippen LogP contribution is -2.34. The SMILES string of the molecule is CCNC1c2cc(F)cc(Cl)c2OCC1C. The predicted octanol–water partition coefficient (Wildman–Crippen LogP) is 3.16. The lowest BCUT2D eigenvalue weighted by molar-refractivity contribution is 0.189. The van der Waals surface area contributed by atoms with Gasteiger partial charge < -0.3 is 10.1 Å². The largest absolute Gasteiger partial charge is 0.491 e. The van der Waals surface area contributed by atoms with E-state index in [0.29, 0.717) is 23.3 Å². The fraction of sp³-hybridized carbons (Fsp3) is 0.500. The average Bonchev–Trinajstić information content (AvgIpc) is 2.22. The molecular formula is C12H15ClFNO.